The Balaban J connectivity index is 2.38. The minimum absolute atomic E-state index is 0.105. The number of aromatic hydroxyl groups is 2. The van der Waals surface area contributed by atoms with Crippen LogP contribution in [-0.4, -0.2) is 31.1 Å². The summed E-state index contributed by atoms with van der Waals surface area (Å²) in [5.41, 5.74) is 4.28. The zero-order chi connectivity index (χ0) is 14.7. The van der Waals surface area contributed by atoms with E-state index in [-0.39, 0.29) is 29.2 Å². The van der Waals surface area contributed by atoms with Gasteiger partial charge in [-0.3, -0.25) is 20.6 Å². The molecule has 0 aliphatic heterocycles. The van der Waals surface area contributed by atoms with Crippen molar-refractivity contribution in [3.05, 3.63) is 28.7 Å². The van der Waals surface area contributed by atoms with Crippen LogP contribution in [0.25, 0.3) is 11.4 Å². The first-order chi connectivity index (χ1) is 9.45. The first kappa shape index (κ1) is 13.3. The van der Waals surface area contributed by atoms with Crippen LogP contribution in [0.15, 0.2) is 23.0 Å². The molecule has 20 heavy (non-hydrogen) atoms. The molecule has 0 radical (unpaired) electrons. The summed E-state index contributed by atoms with van der Waals surface area (Å²) in [6.45, 7) is 1.28. The molecule has 5 N–H and O–H groups in total. The second-order valence-electron chi connectivity index (χ2n) is 3.84. The number of aromatic amines is 1. The van der Waals surface area contributed by atoms with Crippen LogP contribution in [0, 0.1) is 0 Å². The maximum absolute atomic E-state index is 11.4. The second kappa shape index (κ2) is 5.26. The van der Waals surface area contributed by atoms with Crippen LogP contribution in [0.5, 0.6) is 11.5 Å². The van der Waals surface area contributed by atoms with Gasteiger partial charge in [0.25, 0.3) is 0 Å². The summed E-state index contributed by atoms with van der Waals surface area (Å²) < 4.78 is 0. The number of nitrogens with one attached hydrogen (secondary N) is 3. The maximum Gasteiger partial charge on any atom is 0.349 e. The van der Waals surface area contributed by atoms with Crippen LogP contribution in [0.1, 0.15) is 6.92 Å². The van der Waals surface area contributed by atoms with Crippen LogP contribution in [0.4, 0.5) is 5.95 Å². The molecule has 0 atom stereocenters. The van der Waals surface area contributed by atoms with Gasteiger partial charge in [-0.2, -0.15) is 9.97 Å². The van der Waals surface area contributed by atoms with Crippen molar-refractivity contribution in [1.82, 2.24) is 20.4 Å². The molecule has 1 aromatic carbocycles. The number of phenols is 2. The Bertz CT molecular complexity index is 712. The van der Waals surface area contributed by atoms with E-state index in [1.165, 1.54) is 25.1 Å². The van der Waals surface area contributed by atoms with Crippen LogP contribution >= 0.6 is 0 Å². The summed E-state index contributed by atoms with van der Waals surface area (Å²) in [5, 5.41) is 18.6. The molecular formula is C11H11N5O4. The van der Waals surface area contributed by atoms with Crippen LogP contribution in [-0.2, 0) is 4.79 Å². The normalized spacial score (nSPS) is 10.1. The van der Waals surface area contributed by atoms with Crippen molar-refractivity contribution < 1.29 is 15.0 Å². The summed E-state index contributed by atoms with van der Waals surface area (Å²) in [7, 11) is 0. The fourth-order valence-electron chi connectivity index (χ4n) is 1.39. The summed E-state index contributed by atoms with van der Waals surface area (Å²) in [6.07, 6.45) is 0. The number of anilines is 1. The molecule has 1 amide bonds. The average molecular weight is 277 g/mol. The van der Waals surface area contributed by atoms with E-state index in [0.29, 0.717) is 5.56 Å². The predicted molar refractivity (Wildman–Crippen MR) is 68.9 cm³/mol. The highest BCUT2D eigenvalue weighted by Gasteiger charge is 2.08. The lowest BCUT2D eigenvalue weighted by Crippen LogP contribution is -2.29. The van der Waals surface area contributed by atoms with Crippen molar-refractivity contribution in [2.24, 2.45) is 0 Å². The number of hydrazine groups is 1. The molecule has 9 heteroatoms. The van der Waals surface area contributed by atoms with Gasteiger partial charge in [0.2, 0.25) is 11.9 Å². The van der Waals surface area contributed by atoms with E-state index in [0.717, 1.165) is 0 Å². The smallest absolute Gasteiger partial charge is 0.349 e. The standard InChI is InChI=1S/C11H11N5O4/c1-5(17)15-16-10-12-9(13-11(20)14-10)6-2-3-7(18)8(19)4-6/h2-4,18-19H,1H3,(H,15,17)(H2,12,13,14,16,20). The number of hydrogen-bond donors (Lipinski definition) is 5. The fraction of sp³-hybridized carbons (Fsp3) is 0.0909. The molecule has 1 heterocycles. The molecule has 2 rings (SSSR count). The number of H-pyrrole nitrogens is 1. The van der Waals surface area contributed by atoms with Gasteiger partial charge in [-0.25, -0.2) is 4.79 Å². The third kappa shape index (κ3) is 3.02. The lowest BCUT2D eigenvalue weighted by atomic mass is 10.2. The number of amides is 1. The molecule has 0 saturated carbocycles. The van der Waals surface area contributed by atoms with Crippen LogP contribution in [0.3, 0.4) is 0 Å². The topological polar surface area (TPSA) is 140 Å². The quantitative estimate of drug-likeness (QED) is 0.383. The van der Waals surface area contributed by atoms with Crippen molar-refractivity contribution in [1.29, 1.82) is 0 Å². The number of rotatable bonds is 3. The monoisotopic (exact) mass is 277 g/mol. The van der Waals surface area contributed by atoms with E-state index in [1.807, 2.05) is 0 Å². The van der Waals surface area contributed by atoms with Gasteiger partial charge in [0.05, 0.1) is 0 Å². The summed E-state index contributed by atoms with van der Waals surface area (Å²) in [6, 6.07) is 3.94. The molecule has 0 fully saturated rings. The Morgan fingerprint density at radius 1 is 1.25 bits per heavy atom. The highest BCUT2D eigenvalue weighted by molar-refractivity contribution is 5.74. The Morgan fingerprint density at radius 3 is 2.65 bits per heavy atom. The summed E-state index contributed by atoms with van der Waals surface area (Å²) in [4.78, 5) is 32.0. The van der Waals surface area contributed by atoms with Gasteiger partial charge in [-0.15, -0.1) is 0 Å². The Labute approximate surface area is 112 Å². The van der Waals surface area contributed by atoms with Crippen molar-refractivity contribution >= 4 is 11.9 Å². The van der Waals surface area contributed by atoms with Gasteiger partial charge in [0.15, 0.2) is 11.5 Å². The highest BCUT2D eigenvalue weighted by atomic mass is 16.3. The molecule has 1 aromatic heterocycles. The number of hydrogen-bond acceptors (Lipinski definition) is 7. The maximum atomic E-state index is 11.4. The largest absolute Gasteiger partial charge is 0.504 e. The van der Waals surface area contributed by atoms with E-state index in [9.17, 15) is 19.8 Å². The van der Waals surface area contributed by atoms with Crippen molar-refractivity contribution in [3.8, 4) is 22.9 Å². The number of phenolic OH excluding ortho intramolecular Hbond substituents is 2. The van der Waals surface area contributed by atoms with Crippen LogP contribution < -0.4 is 16.5 Å². The highest BCUT2D eigenvalue weighted by Crippen LogP contribution is 2.28. The Morgan fingerprint density at radius 2 is 2.00 bits per heavy atom. The van der Waals surface area contributed by atoms with E-state index >= 15 is 0 Å². The number of carbonyl (C=O) groups is 1. The van der Waals surface area contributed by atoms with Crippen molar-refractivity contribution in [2.45, 2.75) is 6.92 Å². The molecule has 0 aliphatic rings. The molecule has 0 bridgehead atoms. The SMILES string of the molecule is CC(=O)NNc1nc(-c2ccc(O)c(O)c2)[nH]c(=O)n1. The van der Waals surface area contributed by atoms with E-state index < -0.39 is 5.69 Å². The molecule has 9 nitrogen and oxygen atoms in total. The first-order valence-electron chi connectivity index (χ1n) is 5.49. The molecule has 0 aliphatic carbocycles. The van der Waals surface area contributed by atoms with Crippen LogP contribution in [0.2, 0.25) is 0 Å². The van der Waals surface area contributed by atoms with E-state index in [2.05, 4.69) is 25.8 Å². The van der Waals surface area contributed by atoms with E-state index in [4.69, 9.17) is 0 Å². The molecular weight excluding hydrogens is 266 g/mol. The minimum atomic E-state index is -0.685. The summed E-state index contributed by atoms with van der Waals surface area (Å²) in [5.74, 6) is -1.00. The second-order valence-corrected chi connectivity index (χ2v) is 3.84. The molecule has 0 spiro atoms. The molecule has 2 aromatic rings. The third-order valence-corrected chi connectivity index (χ3v) is 2.25. The number of nitrogens with zero attached hydrogens (tertiary/aromatic N) is 2. The minimum Gasteiger partial charge on any atom is -0.504 e. The average Bonchev–Trinajstić information content (AvgIpc) is 2.39. The van der Waals surface area contributed by atoms with Gasteiger partial charge < -0.3 is 10.2 Å². The van der Waals surface area contributed by atoms with Gasteiger partial charge in [-0.05, 0) is 18.2 Å². The lowest BCUT2D eigenvalue weighted by molar-refractivity contribution is -0.118. The van der Waals surface area contributed by atoms with Gasteiger partial charge >= 0.3 is 5.69 Å². The Kier molecular flexibility index (Phi) is 3.51. The Hall–Kier alpha value is -3.10. The number of benzene rings is 1. The third-order valence-electron chi connectivity index (χ3n) is 2.25. The first-order valence-corrected chi connectivity index (χ1v) is 5.49. The van der Waals surface area contributed by atoms with Crippen molar-refractivity contribution in [2.75, 3.05) is 5.43 Å². The predicted octanol–water partition coefficient (Wildman–Crippen LogP) is -0.294. The molecule has 104 valence electrons. The molecule has 0 saturated heterocycles. The lowest BCUT2D eigenvalue weighted by Gasteiger charge is -2.06. The number of carbonyl (C=O) groups excluding carboxylic acids is 1. The zero-order valence-corrected chi connectivity index (χ0v) is 10.3. The zero-order valence-electron chi connectivity index (χ0n) is 10.3. The van der Waals surface area contributed by atoms with Gasteiger partial charge in [-0.1, -0.05) is 0 Å². The van der Waals surface area contributed by atoms with Crippen molar-refractivity contribution in [3.63, 3.8) is 0 Å². The van der Waals surface area contributed by atoms with E-state index in [1.54, 1.807) is 0 Å². The fourth-order valence-corrected chi connectivity index (χ4v) is 1.39. The van der Waals surface area contributed by atoms with Gasteiger partial charge in [0, 0.05) is 12.5 Å². The summed E-state index contributed by atoms with van der Waals surface area (Å²) >= 11 is 0. The molecule has 0 unspecified atom stereocenters. The van der Waals surface area contributed by atoms with Gasteiger partial charge in [0.1, 0.15) is 5.82 Å². The number of aromatic nitrogens is 3.